The van der Waals surface area contributed by atoms with Gasteiger partial charge in [0.2, 0.25) is 0 Å². The second-order valence-corrected chi connectivity index (χ2v) is 3.16. The molecule has 0 unspecified atom stereocenters. The smallest absolute Gasteiger partial charge is 0.376 e. The predicted molar refractivity (Wildman–Crippen MR) is 60.9 cm³/mol. The summed E-state index contributed by atoms with van der Waals surface area (Å²) < 4.78 is 5.20. The Morgan fingerprint density at radius 3 is 2.29 bits per heavy atom. The van der Waals surface area contributed by atoms with Crippen LogP contribution >= 0.6 is 0 Å². The van der Waals surface area contributed by atoms with E-state index in [1.54, 1.807) is 12.1 Å². The number of carboxylic acid groups (broad SMARTS) is 1. The Hall–Kier alpha value is -2.30. The third kappa shape index (κ3) is 3.64. The van der Waals surface area contributed by atoms with Gasteiger partial charge in [-0.15, -0.1) is 0 Å². The molecule has 2 N–H and O–H groups in total. The van der Waals surface area contributed by atoms with E-state index < -0.39 is 11.8 Å². The van der Waals surface area contributed by atoms with Gasteiger partial charge in [-0.1, -0.05) is 0 Å². The first-order valence-electron chi connectivity index (χ1n) is 4.95. The summed E-state index contributed by atoms with van der Waals surface area (Å²) in [4.78, 5) is 21.1. The molecule has 0 atom stereocenters. The molecular weight excluding hydrogens is 224 g/mol. The van der Waals surface area contributed by atoms with Gasteiger partial charge >= 0.3 is 5.97 Å². The molecule has 0 aliphatic heterocycles. The number of hydrogen-bond acceptors (Lipinski definition) is 4. The summed E-state index contributed by atoms with van der Waals surface area (Å²) in [5.74, 6) is -2.53. The van der Waals surface area contributed by atoms with Gasteiger partial charge in [0, 0.05) is 11.6 Å². The lowest BCUT2D eigenvalue weighted by Crippen LogP contribution is -2.09. The molecule has 1 aromatic carbocycles. The van der Waals surface area contributed by atoms with Crippen LogP contribution in [0.2, 0.25) is 0 Å². The molecule has 0 saturated heterocycles. The summed E-state index contributed by atoms with van der Waals surface area (Å²) in [7, 11) is 0. The first kappa shape index (κ1) is 12.8. The Kier molecular flexibility index (Phi) is 4.28. The highest BCUT2D eigenvalue weighted by molar-refractivity contribution is 6.38. The Morgan fingerprint density at radius 1 is 1.24 bits per heavy atom. The summed E-state index contributed by atoms with van der Waals surface area (Å²) in [6, 6.07) is 6.31. The maximum atomic E-state index is 10.8. The highest BCUT2D eigenvalue weighted by Gasteiger charge is 2.10. The quantitative estimate of drug-likeness (QED) is 0.461. The molecule has 0 spiro atoms. The van der Waals surface area contributed by atoms with Crippen LogP contribution in [0.4, 0.5) is 0 Å². The van der Waals surface area contributed by atoms with E-state index in [9.17, 15) is 14.7 Å². The maximum Gasteiger partial charge on any atom is 0.376 e. The van der Waals surface area contributed by atoms with Gasteiger partial charge in [0.15, 0.2) is 0 Å². The van der Waals surface area contributed by atoms with Crippen LogP contribution in [0, 0.1) is 0 Å². The van der Waals surface area contributed by atoms with E-state index in [1.165, 1.54) is 12.1 Å². The lowest BCUT2D eigenvalue weighted by atomic mass is 10.1. The fourth-order valence-corrected chi connectivity index (χ4v) is 1.16. The number of aliphatic carboxylic acids is 1. The molecule has 0 amide bonds. The average Bonchev–Trinajstić information content (AvgIpc) is 2.30. The number of ether oxygens (including phenoxy) is 1. The molecule has 0 fully saturated rings. The molecule has 0 heterocycles. The number of benzene rings is 1. The number of aliphatic hydroxyl groups is 1. The Bertz CT molecular complexity index is 444. The SMILES string of the molecule is CCOc1ccc(C(O)=CC(=O)C(=O)O)cc1. The molecule has 0 aliphatic carbocycles. The minimum Gasteiger partial charge on any atom is -0.507 e. The summed E-state index contributed by atoms with van der Waals surface area (Å²) in [5.41, 5.74) is 0.350. The Morgan fingerprint density at radius 2 is 1.82 bits per heavy atom. The van der Waals surface area contributed by atoms with Crippen molar-refractivity contribution < 1.29 is 24.5 Å². The summed E-state index contributed by atoms with van der Waals surface area (Å²) in [5, 5.41) is 17.9. The van der Waals surface area contributed by atoms with Crippen molar-refractivity contribution in [1.82, 2.24) is 0 Å². The van der Waals surface area contributed by atoms with E-state index in [0.29, 0.717) is 24.0 Å². The number of carbonyl (C=O) groups excluding carboxylic acids is 1. The lowest BCUT2D eigenvalue weighted by Gasteiger charge is -2.04. The van der Waals surface area contributed by atoms with Gasteiger partial charge in [-0.3, -0.25) is 4.79 Å². The van der Waals surface area contributed by atoms with Crippen LogP contribution in [0.5, 0.6) is 5.75 Å². The monoisotopic (exact) mass is 236 g/mol. The van der Waals surface area contributed by atoms with Gasteiger partial charge < -0.3 is 14.9 Å². The summed E-state index contributed by atoms with van der Waals surface area (Å²) >= 11 is 0. The number of rotatable bonds is 5. The van der Waals surface area contributed by atoms with E-state index in [4.69, 9.17) is 9.84 Å². The number of carboxylic acids is 1. The molecule has 5 nitrogen and oxygen atoms in total. The van der Waals surface area contributed by atoms with Crippen molar-refractivity contribution in [2.45, 2.75) is 6.92 Å². The van der Waals surface area contributed by atoms with Crippen molar-refractivity contribution in [2.75, 3.05) is 6.61 Å². The molecule has 0 bridgehead atoms. The highest BCUT2D eigenvalue weighted by Crippen LogP contribution is 2.17. The van der Waals surface area contributed by atoms with Crippen molar-refractivity contribution in [2.24, 2.45) is 0 Å². The van der Waals surface area contributed by atoms with Crippen molar-refractivity contribution >= 4 is 17.5 Å². The summed E-state index contributed by atoms with van der Waals surface area (Å²) in [6.45, 7) is 2.37. The van der Waals surface area contributed by atoms with Crippen molar-refractivity contribution in [3.8, 4) is 5.75 Å². The van der Waals surface area contributed by atoms with Crippen LogP contribution < -0.4 is 4.74 Å². The first-order chi connectivity index (χ1) is 8.04. The van der Waals surface area contributed by atoms with Gasteiger partial charge in [0.1, 0.15) is 11.5 Å². The molecule has 0 aliphatic rings. The maximum absolute atomic E-state index is 10.8. The molecular formula is C12H12O5. The van der Waals surface area contributed by atoms with Gasteiger partial charge in [-0.2, -0.15) is 0 Å². The molecule has 1 aromatic rings. The van der Waals surface area contributed by atoms with Crippen molar-refractivity contribution in [3.63, 3.8) is 0 Å². The van der Waals surface area contributed by atoms with Crippen LogP contribution in [0.25, 0.3) is 5.76 Å². The van der Waals surface area contributed by atoms with E-state index in [-0.39, 0.29) is 5.76 Å². The normalized spacial score (nSPS) is 11.0. The molecule has 17 heavy (non-hydrogen) atoms. The Labute approximate surface area is 98.0 Å². The second-order valence-electron chi connectivity index (χ2n) is 3.16. The van der Waals surface area contributed by atoms with Crippen LogP contribution in [0.15, 0.2) is 30.3 Å². The number of aliphatic hydroxyl groups excluding tert-OH is 1. The van der Waals surface area contributed by atoms with E-state index in [0.717, 1.165) is 0 Å². The predicted octanol–water partition coefficient (Wildman–Crippen LogP) is 1.64. The number of hydrogen-bond donors (Lipinski definition) is 2. The van der Waals surface area contributed by atoms with Crippen LogP contribution in [-0.2, 0) is 9.59 Å². The molecule has 0 aromatic heterocycles. The van der Waals surface area contributed by atoms with Crippen molar-refractivity contribution in [3.05, 3.63) is 35.9 Å². The molecule has 5 heteroatoms. The first-order valence-corrected chi connectivity index (χ1v) is 4.95. The van der Waals surface area contributed by atoms with Gasteiger partial charge in [0.05, 0.1) is 6.61 Å². The zero-order valence-electron chi connectivity index (χ0n) is 9.21. The molecule has 1 rings (SSSR count). The zero-order chi connectivity index (χ0) is 12.8. The van der Waals surface area contributed by atoms with Gasteiger partial charge in [-0.05, 0) is 31.2 Å². The minimum absolute atomic E-state index is 0.350. The zero-order valence-corrected chi connectivity index (χ0v) is 9.21. The van der Waals surface area contributed by atoms with Crippen LogP contribution in [0.1, 0.15) is 12.5 Å². The number of ketones is 1. The van der Waals surface area contributed by atoms with E-state index in [2.05, 4.69) is 0 Å². The highest BCUT2D eigenvalue weighted by atomic mass is 16.5. The van der Waals surface area contributed by atoms with Crippen LogP contribution in [-0.4, -0.2) is 28.6 Å². The number of carbonyl (C=O) groups is 2. The topological polar surface area (TPSA) is 83.8 Å². The second kappa shape index (κ2) is 5.69. The van der Waals surface area contributed by atoms with Crippen LogP contribution in [0.3, 0.4) is 0 Å². The molecule has 0 saturated carbocycles. The fourth-order valence-electron chi connectivity index (χ4n) is 1.16. The third-order valence-electron chi connectivity index (χ3n) is 1.94. The van der Waals surface area contributed by atoms with Gasteiger partial charge in [-0.25, -0.2) is 4.79 Å². The summed E-state index contributed by atoms with van der Waals surface area (Å²) in [6.07, 6.45) is 0.665. The molecule has 90 valence electrons. The third-order valence-corrected chi connectivity index (χ3v) is 1.94. The van der Waals surface area contributed by atoms with E-state index in [1.807, 2.05) is 6.92 Å². The van der Waals surface area contributed by atoms with Gasteiger partial charge in [0.25, 0.3) is 5.78 Å². The standard InChI is InChI=1S/C12H12O5/c1-2-17-9-5-3-8(4-6-9)10(13)7-11(14)12(15)16/h3-7,13H,2H2,1H3,(H,15,16). The fraction of sp³-hybridized carbons (Fsp3) is 0.167. The largest absolute Gasteiger partial charge is 0.507 e. The molecule has 0 radical (unpaired) electrons. The lowest BCUT2D eigenvalue weighted by molar-refractivity contribution is -0.146. The minimum atomic E-state index is -1.61. The van der Waals surface area contributed by atoms with Crippen molar-refractivity contribution in [1.29, 1.82) is 0 Å². The van der Waals surface area contributed by atoms with E-state index >= 15 is 0 Å². The Balaban J connectivity index is 2.86. The average molecular weight is 236 g/mol.